The molecule has 0 spiro atoms. The minimum absolute atomic E-state index is 0.199. The molecule has 0 radical (unpaired) electrons. The number of anilines is 1. The van der Waals surface area contributed by atoms with Gasteiger partial charge in [-0.25, -0.2) is 0 Å². The van der Waals surface area contributed by atoms with Gasteiger partial charge in [0.05, 0.1) is 6.04 Å². The van der Waals surface area contributed by atoms with Crippen molar-refractivity contribution in [3.8, 4) is 0 Å². The van der Waals surface area contributed by atoms with Gasteiger partial charge in [0.2, 0.25) is 0 Å². The number of hydrogen-bond donors (Lipinski definition) is 1. The Bertz CT molecular complexity index is 578. The van der Waals surface area contributed by atoms with Gasteiger partial charge in [0.25, 0.3) is 0 Å². The SMILES string of the molecule is Cc1ccc(N(C)C(CN)c2ccc(C(C)(C)C)s2)cc1. The Kier molecular flexibility index (Phi) is 4.74. The van der Waals surface area contributed by atoms with Crippen molar-refractivity contribution in [3.63, 3.8) is 0 Å². The first-order chi connectivity index (χ1) is 9.82. The van der Waals surface area contributed by atoms with Crippen LogP contribution in [-0.4, -0.2) is 13.6 Å². The summed E-state index contributed by atoms with van der Waals surface area (Å²) in [5.41, 5.74) is 8.75. The second kappa shape index (κ2) is 6.20. The Balaban J connectivity index is 2.26. The minimum Gasteiger partial charge on any atom is -0.365 e. The lowest BCUT2D eigenvalue weighted by molar-refractivity contribution is 0.604. The van der Waals surface area contributed by atoms with E-state index in [2.05, 4.69) is 76.0 Å². The molecule has 0 fully saturated rings. The first-order valence-electron chi connectivity index (χ1n) is 7.42. The molecule has 1 aromatic heterocycles. The van der Waals surface area contributed by atoms with Crippen LogP contribution < -0.4 is 10.6 Å². The number of likely N-dealkylation sites (N-methyl/N-ethyl adjacent to an activating group) is 1. The maximum Gasteiger partial charge on any atom is 0.0753 e. The van der Waals surface area contributed by atoms with Crippen LogP contribution in [0.5, 0.6) is 0 Å². The molecular weight excluding hydrogens is 276 g/mol. The highest BCUT2D eigenvalue weighted by molar-refractivity contribution is 7.12. The van der Waals surface area contributed by atoms with Crippen LogP contribution in [0, 0.1) is 6.92 Å². The first-order valence-corrected chi connectivity index (χ1v) is 8.24. The van der Waals surface area contributed by atoms with E-state index in [0.29, 0.717) is 6.54 Å². The van der Waals surface area contributed by atoms with Crippen molar-refractivity contribution in [2.45, 2.75) is 39.2 Å². The van der Waals surface area contributed by atoms with Crippen molar-refractivity contribution in [2.75, 3.05) is 18.5 Å². The number of benzene rings is 1. The third kappa shape index (κ3) is 3.66. The van der Waals surface area contributed by atoms with Gasteiger partial charge in [-0.1, -0.05) is 38.5 Å². The topological polar surface area (TPSA) is 29.3 Å². The summed E-state index contributed by atoms with van der Waals surface area (Å²) in [6.07, 6.45) is 0. The lowest BCUT2D eigenvalue weighted by Crippen LogP contribution is -2.29. The molecule has 2 N–H and O–H groups in total. The van der Waals surface area contributed by atoms with Gasteiger partial charge in [0.15, 0.2) is 0 Å². The van der Waals surface area contributed by atoms with Crippen LogP contribution in [0.25, 0.3) is 0 Å². The fraction of sp³-hybridized carbons (Fsp3) is 0.444. The van der Waals surface area contributed by atoms with Crippen LogP contribution in [0.3, 0.4) is 0 Å². The maximum absolute atomic E-state index is 6.06. The zero-order valence-electron chi connectivity index (χ0n) is 13.7. The molecule has 2 rings (SSSR count). The van der Waals surface area contributed by atoms with Crippen molar-refractivity contribution in [3.05, 3.63) is 51.7 Å². The molecular formula is C18H26N2S. The normalized spacial score (nSPS) is 13.2. The van der Waals surface area contributed by atoms with Gasteiger partial charge in [-0.05, 0) is 36.6 Å². The molecule has 0 aliphatic carbocycles. The molecule has 2 nitrogen and oxygen atoms in total. The molecule has 0 aliphatic rings. The molecule has 3 heteroatoms. The number of hydrogen-bond acceptors (Lipinski definition) is 3. The fourth-order valence-electron chi connectivity index (χ4n) is 2.36. The molecule has 21 heavy (non-hydrogen) atoms. The predicted molar refractivity (Wildman–Crippen MR) is 94.4 cm³/mol. The van der Waals surface area contributed by atoms with Crippen LogP contribution in [0.2, 0.25) is 0 Å². The smallest absolute Gasteiger partial charge is 0.0753 e. The first kappa shape index (κ1) is 16.1. The molecule has 114 valence electrons. The van der Waals surface area contributed by atoms with E-state index in [1.54, 1.807) is 0 Å². The van der Waals surface area contributed by atoms with Gasteiger partial charge in [0, 0.05) is 29.0 Å². The molecule has 1 atom stereocenters. The van der Waals surface area contributed by atoms with E-state index in [1.165, 1.54) is 21.0 Å². The number of nitrogens with two attached hydrogens (primary N) is 1. The van der Waals surface area contributed by atoms with Gasteiger partial charge in [-0.3, -0.25) is 0 Å². The molecule has 1 unspecified atom stereocenters. The molecule has 0 aliphatic heterocycles. The largest absolute Gasteiger partial charge is 0.365 e. The molecule has 0 amide bonds. The summed E-state index contributed by atoms with van der Waals surface area (Å²) in [4.78, 5) is 5.02. The monoisotopic (exact) mass is 302 g/mol. The Morgan fingerprint density at radius 1 is 1.10 bits per heavy atom. The van der Waals surface area contributed by atoms with Crippen LogP contribution in [-0.2, 0) is 5.41 Å². The summed E-state index contributed by atoms with van der Waals surface area (Å²) in [5, 5.41) is 0. The lowest BCUT2D eigenvalue weighted by Gasteiger charge is -2.28. The molecule has 1 aromatic carbocycles. The molecule has 0 saturated carbocycles. The van der Waals surface area contributed by atoms with Crippen LogP contribution in [0.4, 0.5) is 5.69 Å². The average Bonchev–Trinajstić information content (AvgIpc) is 2.90. The third-order valence-electron chi connectivity index (χ3n) is 3.83. The third-order valence-corrected chi connectivity index (χ3v) is 5.44. The maximum atomic E-state index is 6.06. The molecule has 0 saturated heterocycles. The van der Waals surface area contributed by atoms with E-state index in [1.807, 2.05) is 11.3 Å². The summed E-state index contributed by atoms with van der Waals surface area (Å²) in [7, 11) is 2.12. The number of nitrogens with zero attached hydrogens (tertiary/aromatic N) is 1. The zero-order valence-corrected chi connectivity index (χ0v) is 14.5. The van der Waals surface area contributed by atoms with E-state index >= 15 is 0 Å². The Labute approximate surface area is 132 Å². The highest BCUT2D eigenvalue weighted by atomic mass is 32.1. The van der Waals surface area contributed by atoms with Gasteiger partial charge in [-0.15, -0.1) is 11.3 Å². The number of thiophene rings is 1. The van der Waals surface area contributed by atoms with E-state index in [-0.39, 0.29) is 11.5 Å². The van der Waals surface area contributed by atoms with Crippen molar-refractivity contribution in [1.29, 1.82) is 0 Å². The van der Waals surface area contributed by atoms with Crippen LogP contribution in [0.1, 0.15) is 42.1 Å². The van der Waals surface area contributed by atoms with E-state index in [0.717, 1.165) is 0 Å². The van der Waals surface area contributed by atoms with Crippen molar-refractivity contribution in [2.24, 2.45) is 5.73 Å². The lowest BCUT2D eigenvalue weighted by atomic mass is 9.95. The van der Waals surface area contributed by atoms with E-state index < -0.39 is 0 Å². The van der Waals surface area contributed by atoms with Gasteiger partial charge in [0.1, 0.15) is 0 Å². The van der Waals surface area contributed by atoms with E-state index in [4.69, 9.17) is 5.73 Å². The van der Waals surface area contributed by atoms with Crippen LogP contribution in [0.15, 0.2) is 36.4 Å². The second-order valence-electron chi connectivity index (χ2n) is 6.65. The average molecular weight is 302 g/mol. The minimum atomic E-state index is 0.199. The zero-order chi connectivity index (χ0) is 15.6. The summed E-state index contributed by atoms with van der Waals surface area (Å²) in [5.74, 6) is 0. The Morgan fingerprint density at radius 3 is 2.19 bits per heavy atom. The highest BCUT2D eigenvalue weighted by Gasteiger charge is 2.22. The van der Waals surface area contributed by atoms with E-state index in [9.17, 15) is 0 Å². The van der Waals surface area contributed by atoms with Gasteiger partial charge < -0.3 is 10.6 Å². The van der Waals surface area contributed by atoms with Crippen molar-refractivity contribution >= 4 is 17.0 Å². The molecule has 0 bridgehead atoms. The fourth-order valence-corrected chi connectivity index (χ4v) is 3.58. The standard InChI is InChI=1S/C18H26N2S/c1-13-6-8-14(9-7-13)20(5)15(12-19)16-10-11-17(21-16)18(2,3)4/h6-11,15H,12,19H2,1-5H3. The molecule has 1 heterocycles. The van der Waals surface area contributed by atoms with Gasteiger partial charge >= 0.3 is 0 Å². The Hall–Kier alpha value is -1.32. The number of aryl methyl sites for hydroxylation is 1. The second-order valence-corrected chi connectivity index (χ2v) is 7.77. The summed E-state index contributed by atoms with van der Waals surface area (Å²) < 4.78 is 0. The van der Waals surface area contributed by atoms with Crippen LogP contribution >= 0.6 is 11.3 Å². The predicted octanol–water partition coefficient (Wildman–Crippen LogP) is 4.49. The summed E-state index contributed by atoms with van der Waals surface area (Å²) >= 11 is 1.88. The van der Waals surface area contributed by atoms with Crippen molar-refractivity contribution < 1.29 is 0 Å². The summed E-state index contributed by atoms with van der Waals surface area (Å²) in [6, 6.07) is 13.3. The van der Waals surface area contributed by atoms with Crippen molar-refractivity contribution in [1.82, 2.24) is 0 Å². The highest BCUT2D eigenvalue weighted by Crippen LogP contribution is 2.35. The quantitative estimate of drug-likeness (QED) is 0.901. The Morgan fingerprint density at radius 2 is 1.71 bits per heavy atom. The molecule has 2 aromatic rings. The summed E-state index contributed by atoms with van der Waals surface area (Å²) in [6.45, 7) is 9.49. The number of rotatable bonds is 4. The van der Waals surface area contributed by atoms with Gasteiger partial charge in [-0.2, -0.15) is 0 Å².